The van der Waals surface area contributed by atoms with Crippen LogP contribution < -0.4 is 9.47 Å². The maximum Gasteiger partial charge on any atom is 0.170 e. The molecule has 20 heavy (non-hydrogen) atoms. The van der Waals surface area contributed by atoms with Crippen molar-refractivity contribution in [1.29, 1.82) is 0 Å². The van der Waals surface area contributed by atoms with Crippen LogP contribution >= 0.6 is 11.6 Å². The minimum absolute atomic E-state index is 0.0505. The topological polar surface area (TPSA) is 35.5 Å². The Morgan fingerprint density at radius 3 is 2.65 bits per heavy atom. The fraction of sp³-hybridized carbons (Fsp3) is 0.188. The van der Waals surface area contributed by atoms with E-state index in [1.54, 1.807) is 25.3 Å². The van der Waals surface area contributed by atoms with Crippen molar-refractivity contribution in [3.8, 4) is 11.5 Å². The highest BCUT2D eigenvalue weighted by molar-refractivity contribution is 6.31. The lowest BCUT2D eigenvalue weighted by Gasteiger charge is -2.25. The fourth-order valence-electron chi connectivity index (χ4n) is 2.30. The van der Waals surface area contributed by atoms with Gasteiger partial charge in [0.05, 0.1) is 19.1 Å². The van der Waals surface area contributed by atoms with Crippen LogP contribution in [0.5, 0.6) is 11.5 Å². The normalized spacial score (nSPS) is 17.3. The maximum atomic E-state index is 12.2. The molecule has 4 heteroatoms. The minimum atomic E-state index is -0.262. The van der Waals surface area contributed by atoms with E-state index < -0.39 is 0 Å². The predicted octanol–water partition coefficient (Wildman–Crippen LogP) is 4.06. The highest BCUT2D eigenvalue weighted by atomic mass is 35.5. The quantitative estimate of drug-likeness (QED) is 0.836. The SMILES string of the molecule is COc1ccc([C@@H]2CC(=O)c3cc(Cl)ccc3O2)cc1. The summed E-state index contributed by atoms with van der Waals surface area (Å²) in [6, 6.07) is 12.7. The summed E-state index contributed by atoms with van der Waals surface area (Å²) in [5.74, 6) is 1.42. The number of carbonyl (C=O) groups excluding carboxylic acids is 1. The van der Waals surface area contributed by atoms with Crippen molar-refractivity contribution in [2.75, 3.05) is 7.11 Å². The van der Waals surface area contributed by atoms with Crippen LogP contribution in [-0.4, -0.2) is 12.9 Å². The van der Waals surface area contributed by atoms with Gasteiger partial charge < -0.3 is 9.47 Å². The highest BCUT2D eigenvalue weighted by Gasteiger charge is 2.27. The average Bonchev–Trinajstić information content (AvgIpc) is 2.48. The summed E-state index contributed by atoms with van der Waals surface area (Å²) in [4.78, 5) is 12.2. The molecule has 0 aromatic heterocycles. The Bertz CT molecular complexity index is 649. The van der Waals surface area contributed by atoms with E-state index in [-0.39, 0.29) is 11.9 Å². The van der Waals surface area contributed by atoms with Gasteiger partial charge in [0.25, 0.3) is 0 Å². The molecular weight excluding hydrogens is 276 g/mol. The first-order valence-corrected chi connectivity index (χ1v) is 6.68. The zero-order chi connectivity index (χ0) is 14.1. The lowest BCUT2D eigenvalue weighted by molar-refractivity contribution is 0.0850. The Morgan fingerprint density at radius 1 is 1.20 bits per heavy atom. The van der Waals surface area contributed by atoms with Gasteiger partial charge in [-0.3, -0.25) is 4.79 Å². The van der Waals surface area contributed by atoms with Crippen molar-refractivity contribution >= 4 is 17.4 Å². The number of fused-ring (bicyclic) bond motifs is 1. The van der Waals surface area contributed by atoms with Crippen LogP contribution in [0.3, 0.4) is 0 Å². The van der Waals surface area contributed by atoms with E-state index in [9.17, 15) is 4.79 Å². The van der Waals surface area contributed by atoms with E-state index in [2.05, 4.69) is 0 Å². The average molecular weight is 289 g/mol. The zero-order valence-corrected chi connectivity index (χ0v) is 11.7. The zero-order valence-electron chi connectivity index (χ0n) is 10.9. The van der Waals surface area contributed by atoms with E-state index >= 15 is 0 Å². The molecule has 0 spiro atoms. The largest absolute Gasteiger partial charge is 0.497 e. The van der Waals surface area contributed by atoms with Crippen LogP contribution in [-0.2, 0) is 0 Å². The van der Waals surface area contributed by atoms with E-state index in [1.807, 2.05) is 24.3 Å². The smallest absolute Gasteiger partial charge is 0.170 e. The molecule has 1 atom stereocenters. The lowest BCUT2D eigenvalue weighted by Crippen LogP contribution is -2.20. The number of hydrogen-bond acceptors (Lipinski definition) is 3. The minimum Gasteiger partial charge on any atom is -0.497 e. The second kappa shape index (κ2) is 5.17. The molecule has 0 radical (unpaired) electrons. The summed E-state index contributed by atoms with van der Waals surface area (Å²) in [5.41, 5.74) is 1.52. The van der Waals surface area contributed by atoms with Gasteiger partial charge in [-0.05, 0) is 35.9 Å². The molecule has 1 aliphatic rings. The predicted molar refractivity (Wildman–Crippen MR) is 76.8 cm³/mol. The molecular formula is C16H13ClO3. The molecule has 102 valence electrons. The second-order valence-electron chi connectivity index (χ2n) is 4.65. The van der Waals surface area contributed by atoms with Gasteiger partial charge in [0.15, 0.2) is 5.78 Å². The molecule has 1 heterocycles. The number of carbonyl (C=O) groups is 1. The molecule has 2 aromatic carbocycles. The number of ether oxygens (including phenoxy) is 2. The third-order valence-electron chi connectivity index (χ3n) is 3.37. The highest BCUT2D eigenvalue weighted by Crippen LogP contribution is 2.36. The standard InChI is InChI=1S/C16H13ClO3/c1-19-12-5-2-10(3-6-12)16-9-14(18)13-8-11(17)4-7-15(13)20-16/h2-8,16H,9H2,1H3/t16-/m0/s1. The lowest BCUT2D eigenvalue weighted by atomic mass is 9.96. The van der Waals surface area contributed by atoms with E-state index in [4.69, 9.17) is 21.1 Å². The molecule has 2 aromatic rings. The van der Waals surface area contributed by atoms with E-state index in [0.29, 0.717) is 22.8 Å². The summed E-state index contributed by atoms with van der Waals surface area (Å²) in [6.07, 6.45) is 0.0572. The van der Waals surface area contributed by atoms with Gasteiger partial charge in [-0.1, -0.05) is 23.7 Å². The molecule has 0 saturated heterocycles. The molecule has 0 unspecified atom stereocenters. The number of hydrogen-bond donors (Lipinski definition) is 0. The van der Waals surface area contributed by atoms with E-state index in [0.717, 1.165) is 11.3 Å². The van der Waals surface area contributed by atoms with Crippen LogP contribution in [0.25, 0.3) is 0 Å². The monoisotopic (exact) mass is 288 g/mol. The van der Waals surface area contributed by atoms with Crippen LogP contribution in [0.1, 0.15) is 28.4 Å². The molecule has 0 fully saturated rings. The summed E-state index contributed by atoms with van der Waals surface area (Å²) < 4.78 is 11.0. The number of ketones is 1. The van der Waals surface area contributed by atoms with Crippen molar-refractivity contribution < 1.29 is 14.3 Å². The number of benzene rings is 2. The summed E-state index contributed by atoms with van der Waals surface area (Å²) in [7, 11) is 1.62. The van der Waals surface area contributed by atoms with Gasteiger partial charge in [0, 0.05) is 5.02 Å². The Morgan fingerprint density at radius 2 is 1.95 bits per heavy atom. The number of Topliss-reactive ketones (excluding diaryl/α,β-unsaturated/α-hetero) is 1. The van der Waals surface area contributed by atoms with Gasteiger partial charge in [0.2, 0.25) is 0 Å². The van der Waals surface area contributed by atoms with E-state index in [1.165, 1.54) is 0 Å². The van der Waals surface area contributed by atoms with Crippen molar-refractivity contribution in [3.05, 3.63) is 58.6 Å². The first-order chi connectivity index (χ1) is 9.67. The third-order valence-corrected chi connectivity index (χ3v) is 3.60. The van der Waals surface area contributed by atoms with Crippen LogP contribution in [0.4, 0.5) is 0 Å². The van der Waals surface area contributed by atoms with Gasteiger partial charge >= 0.3 is 0 Å². The van der Waals surface area contributed by atoms with Gasteiger partial charge in [-0.15, -0.1) is 0 Å². The van der Waals surface area contributed by atoms with Crippen LogP contribution in [0.15, 0.2) is 42.5 Å². The number of methoxy groups -OCH3 is 1. The second-order valence-corrected chi connectivity index (χ2v) is 5.08. The summed E-state index contributed by atoms with van der Waals surface area (Å²) in [5, 5.41) is 0.545. The third kappa shape index (κ3) is 2.37. The van der Waals surface area contributed by atoms with Gasteiger partial charge in [-0.2, -0.15) is 0 Å². The molecule has 1 aliphatic heterocycles. The van der Waals surface area contributed by atoms with Gasteiger partial charge in [0.1, 0.15) is 17.6 Å². The molecule has 0 amide bonds. The molecule has 0 aliphatic carbocycles. The molecule has 0 bridgehead atoms. The fourth-order valence-corrected chi connectivity index (χ4v) is 2.47. The van der Waals surface area contributed by atoms with Crippen LogP contribution in [0, 0.1) is 0 Å². The summed E-state index contributed by atoms with van der Waals surface area (Å²) >= 11 is 5.91. The number of rotatable bonds is 2. The first-order valence-electron chi connectivity index (χ1n) is 6.31. The molecule has 3 nitrogen and oxygen atoms in total. The Balaban J connectivity index is 1.90. The molecule has 0 saturated carbocycles. The number of halogens is 1. The van der Waals surface area contributed by atoms with Crippen molar-refractivity contribution in [1.82, 2.24) is 0 Å². The first kappa shape index (κ1) is 13.0. The Hall–Kier alpha value is -2.00. The maximum absolute atomic E-state index is 12.2. The van der Waals surface area contributed by atoms with Gasteiger partial charge in [-0.25, -0.2) is 0 Å². The van der Waals surface area contributed by atoms with Crippen LogP contribution in [0.2, 0.25) is 5.02 Å². The van der Waals surface area contributed by atoms with Crippen molar-refractivity contribution in [2.45, 2.75) is 12.5 Å². The molecule has 0 N–H and O–H groups in total. The van der Waals surface area contributed by atoms with Crippen molar-refractivity contribution in [2.24, 2.45) is 0 Å². The Kier molecular flexibility index (Phi) is 3.36. The Labute approximate surface area is 122 Å². The molecule has 3 rings (SSSR count). The van der Waals surface area contributed by atoms with Crippen molar-refractivity contribution in [3.63, 3.8) is 0 Å². The summed E-state index contributed by atoms with van der Waals surface area (Å²) in [6.45, 7) is 0.